The van der Waals surface area contributed by atoms with Gasteiger partial charge in [-0.15, -0.1) is 0 Å². The molecule has 0 atom stereocenters. The van der Waals surface area contributed by atoms with Crippen LogP contribution in [0.5, 0.6) is 0 Å². The molecule has 0 heterocycles. The molecule has 0 amide bonds. The van der Waals surface area contributed by atoms with E-state index < -0.39 is 0 Å². The minimum atomic E-state index is -0.277. The van der Waals surface area contributed by atoms with Gasteiger partial charge in [0.15, 0.2) is 0 Å². The number of halogens is 1. The van der Waals surface area contributed by atoms with E-state index in [0.29, 0.717) is 10.7 Å². The maximum atomic E-state index is 10.8. The summed E-state index contributed by atoms with van der Waals surface area (Å²) < 4.78 is 4.49. The summed E-state index contributed by atoms with van der Waals surface area (Å²) in [5, 5.41) is 0.577. The second kappa shape index (κ2) is 5.41. The number of hydrogen-bond acceptors (Lipinski definition) is 3. The van der Waals surface area contributed by atoms with Crippen molar-refractivity contribution in [1.29, 1.82) is 0 Å². The molecule has 0 spiro atoms. The van der Waals surface area contributed by atoms with Gasteiger partial charge in [-0.2, -0.15) is 0 Å². The van der Waals surface area contributed by atoms with Crippen LogP contribution in [0.4, 0.5) is 5.69 Å². The Balaban J connectivity index is 2.68. The Morgan fingerprint density at radius 3 is 2.87 bits per heavy atom. The Morgan fingerprint density at radius 2 is 2.27 bits per heavy atom. The predicted octanol–water partition coefficient (Wildman–Crippen LogP) is 2.50. The van der Waals surface area contributed by atoms with Crippen LogP contribution in [0, 0.1) is 0 Å². The molecule has 0 aliphatic rings. The number of benzene rings is 1. The number of nitrogen functional groups attached to an aromatic ring is 1. The second-order valence-electron chi connectivity index (χ2n) is 3.00. The van der Waals surface area contributed by atoms with Crippen LogP contribution in [-0.2, 0) is 9.53 Å². The zero-order valence-corrected chi connectivity index (χ0v) is 9.12. The Morgan fingerprint density at radius 1 is 1.53 bits per heavy atom. The van der Waals surface area contributed by atoms with E-state index in [1.807, 2.05) is 0 Å². The molecule has 0 fully saturated rings. The summed E-state index contributed by atoms with van der Waals surface area (Å²) in [6.07, 6.45) is 3.72. The lowest BCUT2D eigenvalue weighted by molar-refractivity contribution is -0.139. The maximum absolute atomic E-state index is 10.8. The number of carbonyl (C=O) groups is 1. The third kappa shape index (κ3) is 4.04. The maximum Gasteiger partial charge on any atom is 0.309 e. The van der Waals surface area contributed by atoms with Gasteiger partial charge in [0.05, 0.1) is 13.5 Å². The first-order valence-corrected chi connectivity index (χ1v) is 4.79. The van der Waals surface area contributed by atoms with Crippen LogP contribution in [0.1, 0.15) is 12.0 Å². The molecule has 4 heteroatoms. The molecule has 1 aromatic rings. The molecule has 0 unspecified atom stereocenters. The smallest absolute Gasteiger partial charge is 0.309 e. The molecule has 0 saturated heterocycles. The normalized spacial score (nSPS) is 10.5. The molecule has 0 saturated carbocycles. The van der Waals surface area contributed by atoms with E-state index in [9.17, 15) is 4.79 Å². The van der Waals surface area contributed by atoms with Crippen molar-refractivity contribution in [3.05, 3.63) is 34.9 Å². The van der Waals surface area contributed by atoms with Gasteiger partial charge in [-0.3, -0.25) is 4.79 Å². The minimum absolute atomic E-state index is 0.239. The number of rotatable bonds is 3. The average Bonchev–Trinajstić information content (AvgIpc) is 2.16. The predicted molar refractivity (Wildman–Crippen MR) is 61.5 cm³/mol. The van der Waals surface area contributed by atoms with Gasteiger partial charge in [0.25, 0.3) is 0 Å². The van der Waals surface area contributed by atoms with Crippen LogP contribution in [0.2, 0.25) is 5.02 Å². The number of hydrogen-bond donors (Lipinski definition) is 1. The highest BCUT2D eigenvalue weighted by Gasteiger charge is 1.96. The van der Waals surface area contributed by atoms with E-state index in [0.717, 1.165) is 5.56 Å². The number of ether oxygens (including phenoxy) is 1. The summed E-state index contributed by atoms with van der Waals surface area (Å²) in [6, 6.07) is 5.21. The SMILES string of the molecule is COC(=O)CC=Cc1cc(N)cc(Cl)c1. The van der Waals surface area contributed by atoms with Crippen molar-refractivity contribution in [2.75, 3.05) is 12.8 Å². The lowest BCUT2D eigenvalue weighted by atomic mass is 10.2. The molecule has 0 aromatic heterocycles. The van der Waals surface area contributed by atoms with Crippen LogP contribution in [0.25, 0.3) is 6.08 Å². The van der Waals surface area contributed by atoms with Gasteiger partial charge < -0.3 is 10.5 Å². The third-order valence-corrected chi connectivity index (χ3v) is 1.98. The van der Waals surface area contributed by atoms with Crippen molar-refractivity contribution in [2.24, 2.45) is 0 Å². The van der Waals surface area contributed by atoms with Crippen LogP contribution in [-0.4, -0.2) is 13.1 Å². The highest BCUT2D eigenvalue weighted by molar-refractivity contribution is 6.31. The summed E-state index contributed by atoms with van der Waals surface area (Å²) in [5.74, 6) is -0.277. The zero-order valence-electron chi connectivity index (χ0n) is 8.37. The van der Waals surface area contributed by atoms with E-state index in [4.69, 9.17) is 17.3 Å². The monoisotopic (exact) mass is 225 g/mol. The Bertz CT molecular complexity index is 368. The molecule has 15 heavy (non-hydrogen) atoms. The number of carbonyl (C=O) groups excluding carboxylic acids is 1. The van der Waals surface area contributed by atoms with Gasteiger partial charge in [0, 0.05) is 10.7 Å². The molecule has 0 aliphatic carbocycles. The number of anilines is 1. The molecule has 0 aliphatic heterocycles. The standard InChI is InChI=1S/C11H12ClNO2/c1-15-11(14)4-2-3-8-5-9(12)7-10(13)6-8/h2-3,5-7H,4,13H2,1H3. The molecule has 0 radical (unpaired) electrons. The summed E-state index contributed by atoms with van der Waals surface area (Å²) in [5.41, 5.74) is 7.07. The van der Waals surface area contributed by atoms with Crippen molar-refractivity contribution >= 4 is 29.3 Å². The minimum Gasteiger partial charge on any atom is -0.469 e. The first kappa shape index (κ1) is 11.6. The largest absolute Gasteiger partial charge is 0.469 e. The first-order chi connectivity index (χ1) is 7.11. The Hall–Kier alpha value is -1.48. The molecule has 1 aromatic carbocycles. The molecular formula is C11H12ClNO2. The van der Waals surface area contributed by atoms with Gasteiger partial charge in [-0.05, 0) is 23.8 Å². The van der Waals surface area contributed by atoms with E-state index in [1.54, 1.807) is 30.4 Å². The molecule has 2 N–H and O–H groups in total. The van der Waals surface area contributed by atoms with Crippen molar-refractivity contribution in [1.82, 2.24) is 0 Å². The summed E-state index contributed by atoms with van der Waals surface area (Å²) in [6.45, 7) is 0. The summed E-state index contributed by atoms with van der Waals surface area (Å²) in [4.78, 5) is 10.8. The fraction of sp³-hybridized carbons (Fsp3) is 0.182. The molecule has 0 bridgehead atoms. The van der Waals surface area contributed by atoms with Gasteiger partial charge in [-0.1, -0.05) is 23.8 Å². The fourth-order valence-electron chi connectivity index (χ4n) is 1.11. The zero-order chi connectivity index (χ0) is 11.3. The second-order valence-corrected chi connectivity index (χ2v) is 3.44. The molecule has 1 rings (SSSR count). The van der Waals surface area contributed by atoms with Gasteiger partial charge in [0.2, 0.25) is 0 Å². The molecule has 3 nitrogen and oxygen atoms in total. The topological polar surface area (TPSA) is 52.3 Å². The van der Waals surface area contributed by atoms with E-state index >= 15 is 0 Å². The number of esters is 1. The molecular weight excluding hydrogens is 214 g/mol. The number of methoxy groups -OCH3 is 1. The van der Waals surface area contributed by atoms with Gasteiger partial charge >= 0.3 is 5.97 Å². The highest BCUT2D eigenvalue weighted by Crippen LogP contribution is 2.17. The van der Waals surface area contributed by atoms with Crippen molar-refractivity contribution in [3.8, 4) is 0 Å². The van der Waals surface area contributed by atoms with Gasteiger partial charge in [-0.25, -0.2) is 0 Å². The van der Waals surface area contributed by atoms with Crippen molar-refractivity contribution in [2.45, 2.75) is 6.42 Å². The third-order valence-electron chi connectivity index (χ3n) is 1.76. The average molecular weight is 226 g/mol. The van der Waals surface area contributed by atoms with Crippen LogP contribution >= 0.6 is 11.6 Å². The van der Waals surface area contributed by atoms with Crippen molar-refractivity contribution in [3.63, 3.8) is 0 Å². The summed E-state index contributed by atoms with van der Waals surface area (Å²) in [7, 11) is 1.35. The summed E-state index contributed by atoms with van der Waals surface area (Å²) >= 11 is 5.81. The molecule has 80 valence electrons. The lowest BCUT2D eigenvalue weighted by Crippen LogP contribution is -1.96. The van der Waals surface area contributed by atoms with Gasteiger partial charge in [0.1, 0.15) is 0 Å². The van der Waals surface area contributed by atoms with Crippen LogP contribution in [0.15, 0.2) is 24.3 Å². The highest BCUT2D eigenvalue weighted by atomic mass is 35.5. The lowest BCUT2D eigenvalue weighted by Gasteiger charge is -1.98. The number of nitrogens with two attached hydrogens (primary N) is 1. The van der Waals surface area contributed by atoms with E-state index in [-0.39, 0.29) is 12.4 Å². The van der Waals surface area contributed by atoms with Crippen LogP contribution < -0.4 is 5.73 Å². The Kier molecular flexibility index (Phi) is 4.18. The van der Waals surface area contributed by atoms with E-state index in [1.165, 1.54) is 7.11 Å². The van der Waals surface area contributed by atoms with Crippen LogP contribution in [0.3, 0.4) is 0 Å². The first-order valence-electron chi connectivity index (χ1n) is 4.41. The van der Waals surface area contributed by atoms with E-state index in [2.05, 4.69) is 4.74 Å². The van der Waals surface area contributed by atoms with Crippen molar-refractivity contribution < 1.29 is 9.53 Å². The Labute approximate surface area is 93.5 Å². The fourth-order valence-corrected chi connectivity index (χ4v) is 1.36. The quantitative estimate of drug-likeness (QED) is 0.635.